The summed E-state index contributed by atoms with van der Waals surface area (Å²) in [5, 5.41) is 20.0. The Morgan fingerprint density at radius 1 is 1.53 bits per heavy atom. The molecule has 1 aliphatic rings. The third-order valence-corrected chi connectivity index (χ3v) is 4.42. The van der Waals surface area contributed by atoms with Gasteiger partial charge in [-0.15, -0.1) is 21.5 Å². The van der Waals surface area contributed by atoms with Gasteiger partial charge in [-0.2, -0.15) is 0 Å². The Kier molecular flexibility index (Phi) is 3.63. The maximum atomic E-state index is 9.87. The van der Waals surface area contributed by atoms with Crippen molar-refractivity contribution in [2.45, 2.75) is 26.0 Å². The van der Waals surface area contributed by atoms with E-state index in [2.05, 4.69) is 22.0 Å². The van der Waals surface area contributed by atoms with Gasteiger partial charge in [0.2, 0.25) is 5.89 Å². The molecule has 1 fully saturated rings. The van der Waals surface area contributed by atoms with Gasteiger partial charge in [-0.25, -0.2) is 0 Å². The Morgan fingerprint density at radius 3 is 3.16 bits per heavy atom. The zero-order chi connectivity index (χ0) is 13.2. The van der Waals surface area contributed by atoms with Crippen LogP contribution in [0.5, 0.6) is 0 Å². The van der Waals surface area contributed by atoms with Crippen molar-refractivity contribution >= 4 is 11.3 Å². The van der Waals surface area contributed by atoms with Crippen LogP contribution in [0.1, 0.15) is 19.2 Å². The van der Waals surface area contributed by atoms with Crippen molar-refractivity contribution in [3.05, 3.63) is 23.4 Å². The van der Waals surface area contributed by atoms with Crippen molar-refractivity contribution in [1.82, 2.24) is 15.1 Å². The van der Waals surface area contributed by atoms with Crippen molar-refractivity contribution in [3.63, 3.8) is 0 Å². The SMILES string of the molecule is CC1CCN(Cc2nnc(-c3cccs3)o2)CC1O. The van der Waals surface area contributed by atoms with Gasteiger partial charge in [-0.1, -0.05) is 13.0 Å². The summed E-state index contributed by atoms with van der Waals surface area (Å²) < 4.78 is 5.66. The normalized spacial score (nSPS) is 24.7. The number of thiophene rings is 1. The minimum Gasteiger partial charge on any atom is -0.419 e. The lowest BCUT2D eigenvalue weighted by atomic mass is 9.96. The molecule has 6 heteroatoms. The van der Waals surface area contributed by atoms with Gasteiger partial charge in [0.1, 0.15) is 0 Å². The number of aliphatic hydroxyl groups is 1. The van der Waals surface area contributed by atoms with Crippen molar-refractivity contribution in [2.75, 3.05) is 13.1 Å². The lowest BCUT2D eigenvalue weighted by Crippen LogP contribution is -2.42. The number of hydrogen-bond acceptors (Lipinski definition) is 6. The molecule has 2 aromatic rings. The smallest absolute Gasteiger partial charge is 0.257 e. The highest BCUT2D eigenvalue weighted by Gasteiger charge is 2.25. The van der Waals surface area contributed by atoms with Gasteiger partial charge in [0.25, 0.3) is 5.89 Å². The van der Waals surface area contributed by atoms with E-state index in [1.54, 1.807) is 11.3 Å². The Morgan fingerprint density at radius 2 is 2.42 bits per heavy atom. The van der Waals surface area contributed by atoms with Crippen LogP contribution < -0.4 is 0 Å². The predicted octanol–water partition coefficient (Wildman–Crippen LogP) is 2.00. The summed E-state index contributed by atoms with van der Waals surface area (Å²) in [6.07, 6.45) is 0.751. The summed E-state index contributed by atoms with van der Waals surface area (Å²) in [7, 11) is 0. The second kappa shape index (κ2) is 5.40. The largest absolute Gasteiger partial charge is 0.419 e. The molecule has 19 heavy (non-hydrogen) atoms. The van der Waals surface area contributed by atoms with Gasteiger partial charge in [0, 0.05) is 6.54 Å². The third-order valence-electron chi connectivity index (χ3n) is 3.56. The summed E-state index contributed by atoms with van der Waals surface area (Å²) in [6, 6.07) is 3.93. The van der Waals surface area contributed by atoms with Crippen LogP contribution in [0.3, 0.4) is 0 Å². The van der Waals surface area contributed by atoms with E-state index >= 15 is 0 Å². The second-order valence-electron chi connectivity index (χ2n) is 5.05. The molecular formula is C13H17N3O2S. The molecule has 2 aromatic heterocycles. The molecule has 2 unspecified atom stereocenters. The van der Waals surface area contributed by atoms with Gasteiger partial charge in [-0.05, 0) is 30.3 Å². The molecule has 3 rings (SSSR count). The average molecular weight is 279 g/mol. The molecule has 0 aromatic carbocycles. The number of nitrogens with zero attached hydrogens (tertiary/aromatic N) is 3. The highest BCUT2D eigenvalue weighted by molar-refractivity contribution is 7.13. The fourth-order valence-electron chi connectivity index (χ4n) is 2.27. The van der Waals surface area contributed by atoms with Crippen LogP contribution in [0.15, 0.2) is 21.9 Å². The molecular weight excluding hydrogens is 262 g/mol. The first-order chi connectivity index (χ1) is 9.22. The van der Waals surface area contributed by atoms with Crippen LogP contribution in [0.2, 0.25) is 0 Å². The van der Waals surface area contributed by atoms with Crippen molar-refractivity contribution in [3.8, 4) is 10.8 Å². The van der Waals surface area contributed by atoms with Crippen LogP contribution in [0.25, 0.3) is 10.8 Å². The maximum absolute atomic E-state index is 9.87. The number of aliphatic hydroxyl groups excluding tert-OH is 1. The molecule has 5 nitrogen and oxygen atoms in total. The zero-order valence-corrected chi connectivity index (χ0v) is 11.6. The third kappa shape index (κ3) is 2.86. The summed E-state index contributed by atoms with van der Waals surface area (Å²) in [5.41, 5.74) is 0. The number of hydrogen-bond donors (Lipinski definition) is 1. The average Bonchev–Trinajstić information content (AvgIpc) is 3.04. The van der Waals surface area contributed by atoms with E-state index < -0.39 is 0 Å². The number of rotatable bonds is 3. The Labute approximate surface area is 115 Å². The molecule has 0 bridgehead atoms. The fourth-order valence-corrected chi connectivity index (χ4v) is 2.91. The van der Waals surface area contributed by atoms with Crippen molar-refractivity contribution in [2.24, 2.45) is 5.92 Å². The predicted molar refractivity (Wildman–Crippen MR) is 72.7 cm³/mol. The molecule has 0 amide bonds. The van der Waals surface area contributed by atoms with Gasteiger partial charge in [0.05, 0.1) is 17.5 Å². The number of likely N-dealkylation sites (tertiary alicyclic amines) is 1. The number of aromatic nitrogens is 2. The van der Waals surface area contributed by atoms with E-state index in [-0.39, 0.29) is 6.10 Å². The minimum atomic E-state index is -0.256. The van der Waals surface area contributed by atoms with E-state index in [4.69, 9.17) is 4.42 Å². The Balaban J connectivity index is 1.64. The minimum absolute atomic E-state index is 0.256. The Bertz CT molecular complexity index is 526. The monoisotopic (exact) mass is 279 g/mol. The second-order valence-corrected chi connectivity index (χ2v) is 5.99. The van der Waals surface area contributed by atoms with Gasteiger partial charge >= 0.3 is 0 Å². The van der Waals surface area contributed by atoms with Crippen LogP contribution >= 0.6 is 11.3 Å². The molecule has 1 N–H and O–H groups in total. The number of β-amino-alcohol motifs (C(OH)–C–C–N with tert-alkyl or cyclic N) is 1. The molecule has 0 radical (unpaired) electrons. The van der Waals surface area contributed by atoms with Crippen molar-refractivity contribution in [1.29, 1.82) is 0 Å². The maximum Gasteiger partial charge on any atom is 0.257 e. The lowest BCUT2D eigenvalue weighted by molar-refractivity contribution is 0.0228. The molecule has 0 aliphatic carbocycles. The van der Waals surface area contributed by atoms with Gasteiger partial charge in [0.15, 0.2) is 0 Å². The molecule has 0 spiro atoms. The van der Waals surface area contributed by atoms with Gasteiger partial charge in [-0.3, -0.25) is 4.90 Å². The Hall–Kier alpha value is -1.24. The van der Waals surface area contributed by atoms with E-state index in [1.807, 2.05) is 17.5 Å². The quantitative estimate of drug-likeness (QED) is 0.931. The summed E-state index contributed by atoms with van der Waals surface area (Å²) in [5.74, 6) is 1.57. The highest BCUT2D eigenvalue weighted by Crippen LogP contribution is 2.24. The van der Waals surface area contributed by atoms with Crippen LogP contribution in [-0.4, -0.2) is 39.4 Å². The highest BCUT2D eigenvalue weighted by atomic mass is 32.1. The lowest BCUT2D eigenvalue weighted by Gasteiger charge is -2.33. The molecule has 2 atom stereocenters. The van der Waals surface area contributed by atoms with E-state index in [0.29, 0.717) is 30.8 Å². The van der Waals surface area contributed by atoms with Gasteiger partial charge < -0.3 is 9.52 Å². The first-order valence-corrected chi connectivity index (χ1v) is 7.37. The molecule has 0 saturated carbocycles. The topological polar surface area (TPSA) is 62.4 Å². The standard InChI is InChI=1S/C13H17N3O2S/c1-9-4-5-16(7-10(9)17)8-12-14-15-13(18-12)11-3-2-6-19-11/h2-3,6,9-10,17H,4-5,7-8H2,1H3. The first kappa shape index (κ1) is 12.8. The van der Waals surface area contributed by atoms with E-state index in [9.17, 15) is 5.11 Å². The van der Waals surface area contributed by atoms with Crippen LogP contribution in [-0.2, 0) is 6.54 Å². The molecule has 1 aliphatic heterocycles. The number of piperidine rings is 1. The molecule has 3 heterocycles. The van der Waals surface area contributed by atoms with Crippen LogP contribution in [0.4, 0.5) is 0 Å². The van der Waals surface area contributed by atoms with Crippen molar-refractivity contribution < 1.29 is 9.52 Å². The van der Waals surface area contributed by atoms with E-state index in [0.717, 1.165) is 17.8 Å². The summed E-state index contributed by atoms with van der Waals surface area (Å²) in [4.78, 5) is 3.15. The summed E-state index contributed by atoms with van der Waals surface area (Å²) in [6.45, 7) is 4.35. The summed E-state index contributed by atoms with van der Waals surface area (Å²) >= 11 is 1.59. The van der Waals surface area contributed by atoms with E-state index in [1.165, 1.54) is 0 Å². The van der Waals surface area contributed by atoms with Crippen LogP contribution in [0, 0.1) is 5.92 Å². The zero-order valence-electron chi connectivity index (χ0n) is 10.8. The first-order valence-electron chi connectivity index (χ1n) is 6.49. The molecule has 1 saturated heterocycles. The molecule has 102 valence electrons. The fraction of sp³-hybridized carbons (Fsp3) is 0.538.